The van der Waals surface area contributed by atoms with Gasteiger partial charge >= 0.3 is 0 Å². The van der Waals surface area contributed by atoms with Crippen molar-refractivity contribution in [3.8, 4) is 16.9 Å². The zero-order valence-corrected chi connectivity index (χ0v) is 22.2. The highest BCUT2D eigenvalue weighted by Crippen LogP contribution is 2.48. The van der Waals surface area contributed by atoms with Crippen LogP contribution in [0.1, 0.15) is 35.3 Å². The highest BCUT2D eigenvalue weighted by atomic mass is 32.2. The summed E-state index contributed by atoms with van der Waals surface area (Å²) >= 11 is 1.42. The molecule has 2 amide bonds. The molecule has 0 fully saturated rings. The molecule has 6 nitrogen and oxygen atoms in total. The van der Waals surface area contributed by atoms with E-state index in [0.29, 0.717) is 18.1 Å². The van der Waals surface area contributed by atoms with Crippen molar-refractivity contribution in [3.63, 3.8) is 0 Å². The molecule has 5 rings (SSSR count). The number of anilines is 1. The van der Waals surface area contributed by atoms with Gasteiger partial charge < -0.3 is 5.32 Å². The average molecular weight is 529 g/mol. The normalized spacial score (nSPS) is 15.2. The van der Waals surface area contributed by atoms with Crippen LogP contribution in [-0.4, -0.2) is 40.4 Å². The molecule has 38 heavy (non-hydrogen) atoms. The topological polar surface area (TPSA) is 67.2 Å². The lowest BCUT2D eigenvalue weighted by atomic mass is 9.99. The van der Waals surface area contributed by atoms with E-state index in [9.17, 15) is 14.0 Å². The van der Waals surface area contributed by atoms with Crippen molar-refractivity contribution >= 4 is 29.4 Å². The number of benzene rings is 3. The van der Waals surface area contributed by atoms with Gasteiger partial charge in [0.1, 0.15) is 18.2 Å². The monoisotopic (exact) mass is 528 g/mol. The summed E-state index contributed by atoms with van der Waals surface area (Å²) in [5, 5.41) is 7.56. The zero-order chi connectivity index (χ0) is 26.6. The standard InChI is InChI=1S/C30H29FN4O2S/c1-3-16-32-25(36)18-34-26(37)19-38-29(22-10-7-11-23(31)17-22)27-28(21-8-5-4-6-9-21)33-35(30(27)34)24-14-12-20(2)13-15-24/h4-15,17,29H,3,16,18-19H2,1-2H3,(H,32,36). The van der Waals surface area contributed by atoms with E-state index in [1.165, 1.54) is 28.8 Å². The molecule has 2 heterocycles. The van der Waals surface area contributed by atoms with Crippen LogP contribution < -0.4 is 10.2 Å². The van der Waals surface area contributed by atoms with Crippen LogP contribution in [0.3, 0.4) is 0 Å². The predicted octanol–water partition coefficient (Wildman–Crippen LogP) is 5.68. The lowest BCUT2D eigenvalue weighted by Gasteiger charge is -2.23. The quantitative estimate of drug-likeness (QED) is 0.335. The first kappa shape index (κ1) is 25.7. The lowest BCUT2D eigenvalue weighted by Crippen LogP contribution is -2.42. The van der Waals surface area contributed by atoms with Crippen LogP contribution in [0.2, 0.25) is 0 Å². The summed E-state index contributed by atoms with van der Waals surface area (Å²) in [4.78, 5) is 28.1. The Morgan fingerprint density at radius 2 is 1.84 bits per heavy atom. The van der Waals surface area contributed by atoms with E-state index in [1.807, 2.05) is 74.5 Å². The fourth-order valence-corrected chi connectivity index (χ4v) is 5.78. The number of rotatable bonds is 7. The summed E-state index contributed by atoms with van der Waals surface area (Å²) in [6, 6.07) is 24.1. The van der Waals surface area contributed by atoms with Crippen molar-refractivity contribution in [3.05, 3.63) is 101 Å². The number of halogens is 1. The number of hydrogen-bond acceptors (Lipinski definition) is 4. The van der Waals surface area contributed by atoms with Crippen LogP contribution in [0.5, 0.6) is 0 Å². The van der Waals surface area contributed by atoms with Gasteiger partial charge in [0.05, 0.1) is 22.4 Å². The smallest absolute Gasteiger partial charge is 0.240 e. The highest BCUT2D eigenvalue weighted by molar-refractivity contribution is 8.00. The summed E-state index contributed by atoms with van der Waals surface area (Å²) in [5.41, 5.74) is 4.95. The molecule has 1 aromatic heterocycles. The fraction of sp³-hybridized carbons (Fsp3) is 0.233. The average Bonchev–Trinajstić information content (AvgIpc) is 3.25. The van der Waals surface area contributed by atoms with Gasteiger partial charge in [0.15, 0.2) is 0 Å². The van der Waals surface area contributed by atoms with Crippen molar-refractivity contribution in [2.24, 2.45) is 0 Å². The molecule has 4 aromatic rings. The van der Waals surface area contributed by atoms with Crippen molar-refractivity contribution in [1.29, 1.82) is 0 Å². The highest BCUT2D eigenvalue weighted by Gasteiger charge is 2.37. The Hall–Kier alpha value is -3.91. The van der Waals surface area contributed by atoms with E-state index in [1.54, 1.807) is 10.7 Å². The number of thioether (sulfide) groups is 1. The molecule has 1 aliphatic rings. The second kappa shape index (κ2) is 11.2. The van der Waals surface area contributed by atoms with Gasteiger partial charge in [-0.05, 0) is 43.2 Å². The molecule has 0 saturated heterocycles. The Morgan fingerprint density at radius 1 is 1.08 bits per heavy atom. The maximum atomic E-state index is 14.4. The minimum Gasteiger partial charge on any atom is -0.355 e. The van der Waals surface area contributed by atoms with Crippen molar-refractivity contribution in [2.45, 2.75) is 25.5 Å². The summed E-state index contributed by atoms with van der Waals surface area (Å²) in [6.45, 7) is 4.39. The molecule has 1 aliphatic heterocycles. The Labute approximate surface area is 225 Å². The zero-order valence-electron chi connectivity index (χ0n) is 21.4. The van der Waals surface area contributed by atoms with E-state index < -0.39 is 0 Å². The van der Waals surface area contributed by atoms with Gasteiger partial charge in [-0.1, -0.05) is 67.1 Å². The predicted molar refractivity (Wildman–Crippen MR) is 150 cm³/mol. The van der Waals surface area contributed by atoms with Crippen LogP contribution >= 0.6 is 11.8 Å². The largest absolute Gasteiger partial charge is 0.355 e. The number of fused-ring (bicyclic) bond motifs is 1. The SMILES string of the molecule is CCCNC(=O)CN1C(=O)CSC(c2cccc(F)c2)c2c(-c3ccccc3)nn(-c3ccc(C)cc3)c21. The number of aromatic nitrogens is 2. The number of aryl methyl sites for hydroxylation is 1. The molecule has 3 aromatic carbocycles. The number of nitrogens with zero attached hydrogens (tertiary/aromatic N) is 3. The molecule has 0 saturated carbocycles. The van der Waals surface area contributed by atoms with Crippen molar-refractivity contribution < 1.29 is 14.0 Å². The van der Waals surface area contributed by atoms with Crippen molar-refractivity contribution in [2.75, 3.05) is 23.7 Å². The van der Waals surface area contributed by atoms with Crippen LogP contribution in [0, 0.1) is 12.7 Å². The molecule has 1 atom stereocenters. The summed E-state index contributed by atoms with van der Waals surface area (Å²) in [6.07, 6.45) is 0.794. The van der Waals surface area contributed by atoms with E-state index in [4.69, 9.17) is 5.10 Å². The maximum absolute atomic E-state index is 14.4. The van der Waals surface area contributed by atoms with Gasteiger partial charge in [0.25, 0.3) is 0 Å². The van der Waals surface area contributed by atoms with Crippen LogP contribution in [0.15, 0.2) is 78.9 Å². The summed E-state index contributed by atoms with van der Waals surface area (Å²) in [7, 11) is 0. The molecule has 194 valence electrons. The summed E-state index contributed by atoms with van der Waals surface area (Å²) < 4.78 is 16.2. The number of carbonyl (C=O) groups excluding carboxylic acids is 2. The van der Waals surface area contributed by atoms with Gasteiger partial charge in [-0.15, -0.1) is 11.8 Å². The first-order chi connectivity index (χ1) is 18.5. The van der Waals surface area contributed by atoms with Crippen LogP contribution in [0.25, 0.3) is 16.9 Å². The first-order valence-corrected chi connectivity index (χ1v) is 13.7. The van der Waals surface area contributed by atoms with E-state index >= 15 is 0 Å². The third-order valence-electron chi connectivity index (χ3n) is 6.44. The number of hydrogen-bond donors (Lipinski definition) is 1. The van der Waals surface area contributed by atoms with E-state index in [2.05, 4.69) is 5.32 Å². The molecule has 0 bridgehead atoms. The molecule has 1 unspecified atom stereocenters. The van der Waals surface area contributed by atoms with Gasteiger partial charge in [-0.2, -0.15) is 5.10 Å². The first-order valence-electron chi connectivity index (χ1n) is 12.7. The van der Waals surface area contributed by atoms with Gasteiger partial charge in [-0.3, -0.25) is 14.5 Å². The maximum Gasteiger partial charge on any atom is 0.240 e. The van der Waals surface area contributed by atoms with Crippen LogP contribution in [0.4, 0.5) is 10.2 Å². The molecular formula is C30H29FN4O2S. The molecular weight excluding hydrogens is 499 g/mol. The minimum absolute atomic E-state index is 0.131. The Kier molecular flexibility index (Phi) is 7.60. The molecule has 1 N–H and O–H groups in total. The second-order valence-electron chi connectivity index (χ2n) is 9.28. The second-order valence-corrected chi connectivity index (χ2v) is 10.4. The minimum atomic E-state index is -0.372. The lowest BCUT2D eigenvalue weighted by molar-refractivity contribution is -0.122. The van der Waals surface area contributed by atoms with E-state index in [-0.39, 0.29) is 35.2 Å². The van der Waals surface area contributed by atoms with Gasteiger partial charge in [0, 0.05) is 17.7 Å². The number of carbonyl (C=O) groups is 2. The third-order valence-corrected chi connectivity index (χ3v) is 7.69. The van der Waals surface area contributed by atoms with Crippen LogP contribution in [-0.2, 0) is 9.59 Å². The van der Waals surface area contributed by atoms with Gasteiger partial charge in [-0.25, -0.2) is 9.07 Å². The van der Waals surface area contributed by atoms with Crippen molar-refractivity contribution in [1.82, 2.24) is 15.1 Å². The van der Waals surface area contributed by atoms with E-state index in [0.717, 1.165) is 34.4 Å². The molecule has 0 aliphatic carbocycles. The fourth-order valence-electron chi connectivity index (χ4n) is 4.59. The summed E-state index contributed by atoms with van der Waals surface area (Å²) in [5.74, 6) is -0.112. The molecule has 8 heteroatoms. The Balaban J connectivity index is 1.78. The Morgan fingerprint density at radius 3 is 2.55 bits per heavy atom. The third kappa shape index (κ3) is 5.22. The number of amides is 2. The number of nitrogens with one attached hydrogen (secondary N) is 1. The molecule has 0 radical (unpaired) electrons. The Bertz CT molecular complexity index is 1450. The molecule has 0 spiro atoms. The van der Waals surface area contributed by atoms with Gasteiger partial charge in [0.2, 0.25) is 11.8 Å².